The summed E-state index contributed by atoms with van der Waals surface area (Å²) in [6.45, 7) is 2.63. The summed E-state index contributed by atoms with van der Waals surface area (Å²) >= 11 is 0.433. The number of hydrogen-bond donors (Lipinski definition) is 2. The van der Waals surface area contributed by atoms with Crippen molar-refractivity contribution in [2.75, 3.05) is 25.0 Å². The molecule has 0 saturated carbocycles. The van der Waals surface area contributed by atoms with Crippen LogP contribution in [0.15, 0.2) is 53.4 Å². The van der Waals surface area contributed by atoms with E-state index < -0.39 is 5.76 Å². The van der Waals surface area contributed by atoms with Gasteiger partial charge in [0.15, 0.2) is 0 Å². The van der Waals surface area contributed by atoms with Crippen LogP contribution in [0.2, 0.25) is 0 Å². The van der Waals surface area contributed by atoms with Crippen molar-refractivity contribution in [2.24, 2.45) is 0 Å². The van der Waals surface area contributed by atoms with Crippen LogP contribution in [0.4, 0.5) is 18.9 Å². The Morgan fingerprint density at radius 1 is 1.00 bits per heavy atom. The lowest BCUT2D eigenvalue weighted by Gasteiger charge is -2.19. The molecule has 0 unspecified atom stereocenters. The van der Waals surface area contributed by atoms with Gasteiger partial charge in [0, 0.05) is 17.1 Å². The topological polar surface area (TPSA) is 61.4 Å². The zero-order valence-electron chi connectivity index (χ0n) is 15.8. The van der Waals surface area contributed by atoms with Crippen LogP contribution in [0.5, 0.6) is 0 Å². The molecule has 5 nitrogen and oxygen atoms in total. The van der Waals surface area contributed by atoms with Gasteiger partial charge in [0.25, 0.3) is 5.76 Å². The summed E-state index contributed by atoms with van der Waals surface area (Å²) in [7, 11) is 0. The summed E-state index contributed by atoms with van der Waals surface area (Å²) in [5.74, 6) is -3.40. The normalized spacial score (nSPS) is 11.0. The van der Waals surface area contributed by atoms with E-state index in [1.165, 1.54) is 24.3 Å². The van der Waals surface area contributed by atoms with Gasteiger partial charge < -0.3 is 10.6 Å². The highest BCUT2D eigenvalue weighted by Crippen LogP contribution is 2.26. The molecule has 2 N–H and O–H groups in total. The van der Waals surface area contributed by atoms with E-state index in [1.807, 2.05) is 6.92 Å². The molecule has 0 saturated heterocycles. The predicted molar refractivity (Wildman–Crippen MR) is 107 cm³/mol. The quantitative estimate of drug-likeness (QED) is 0.570. The molecule has 0 bridgehead atoms. The third-order valence-electron chi connectivity index (χ3n) is 3.95. The van der Waals surface area contributed by atoms with Gasteiger partial charge in [0.05, 0.1) is 13.1 Å². The highest BCUT2D eigenvalue weighted by Gasteiger charge is 2.13. The van der Waals surface area contributed by atoms with Gasteiger partial charge in [0.2, 0.25) is 11.8 Å². The van der Waals surface area contributed by atoms with Crippen molar-refractivity contribution in [3.8, 4) is 0 Å². The fourth-order valence-electron chi connectivity index (χ4n) is 2.46. The Morgan fingerprint density at radius 3 is 2.21 bits per heavy atom. The van der Waals surface area contributed by atoms with E-state index in [9.17, 15) is 22.8 Å². The van der Waals surface area contributed by atoms with Gasteiger partial charge in [-0.1, -0.05) is 30.8 Å². The smallest absolute Gasteiger partial charge is 0.288 e. The molecule has 0 aliphatic heterocycles. The molecule has 156 valence electrons. The number of alkyl halides is 2. The van der Waals surface area contributed by atoms with Gasteiger partial charge in [-0.25, -0.2) is 4.39 Å². The maximum absolute atomic E-state index is 12.9. The zero-order valence-corrected chi connectivity index (χ0v) is 16.6. The van der Waals surface area contributed by atoms with Gasteiger partial charge in [-0.3, -0.25) is 14.5 Å². The Kier molecular flexibility index (Phi) is 9.01. The number of rotatable bonds is 10. The van der Waals surface area contributed by atoms with Crippen LogP contribution in [-0.2, 0) is 16.1 Å². The van der Waals surface area contributed by atoms with E-state index in [0.29, 0.717) is 28.9 Å². The van der Waals surface area contributed by atoms with Gasteiger partial charge in [-0.15, -0.1) is 0 Å². The lowest BCUT2D eigenvalue weighted by atomic mass is 10.2. The Hall–Kier alpha value is -2.52. The molecule has 0 aromatic heterocycles. The SMILES string of the molecule is CCN(CC(=O)NCc1ccc(F)cc1)CC(=O)Nc1ccc(SC(F)F)cc1. The van der Waals surface area contributed by atoms with Crippen molar-refractivity contribution >= 4 is 29.3 Å². The van der Waals surface area contributed by atoms with Crippen LogP contribution in [0.3, 0.4) is 0 Å². The second kappa shape index (κ2) is 11.5. The number of nitrogens with zero attached hydrogens (tertiary/aromatic N) is 1. The molecule has 0 spiro atoms. The number of carbonyl (C=O) groups is 2. The van der Waals surface area contributed by atoms with Gasteiger partial charge in [0.1, 0.15) is 5.82 Å². The number of amides is 2. The van der Waals surface area contributed by atoms with Crippen LogP contribution >= 0.6 is 11.8 Å². The first-order valence-electron chi connectivity index (χ1n) is 8.94. The number of anilines is 1. The van der Waals surface area contributed by atoms with Crippen LogP contribution in [0, 0.1) is 5.82 Å². The van der Waals surface area contributed by atoms with Crippen LogP contribution in [-0.4, -0.2) is 42.1 Å². The van der Waals surface area contributed by atoms with E-state index in [-0.39, 0.29) is 37.3 Å². The molecule has 0 fully saturated rings. The Bertz CT molecular complexity index is 802. The molecule has 2 rings (SSSR count). The molecule has 0 aliphatic carbocycles. The van der Waals surface area contributed by atoms with Crippen molar-refractivity contribution in [3.63, 3.8) is 0 Å². The van der Waals surface area contributed by atoms with Gasteiger partial charge in [-0.2, -0.15) is 8.78 Å². The Balaban J connectivity index is 1.78. The van der Waals surface area contributed by atoms with Crippen molar-refractivity contribution in [2.45, 2.75) is 24.1 Å². The highest BCUT2D eigenvalue weighted by molar-refractivity contribution is 7.99. The molecule has 9 heteroatoms. The molecule has 0 heterocycles. The molecule has 0 aliphatic rings. The Labute approximate surface area is 171 Å². The first kappa shape index (κ1) is 22.8. The summed E-state index contributed by atoms with van der Waals surface area (Å²) < 4.78 is 37.5. The number of halogens is 3. The maximum atomic E-state index is 12.9. The molecular formula is C20H22F3N3O2S. The monoisotopic (exact) mass is 425 g/mol. The summed E-state index contributed by atoms with van der Waals surface area (Å²) in [6.07, 6.45) is 0. The number of thioether (sulfide) groups is 1. The van der Waals surface area contributed by atoms with E-state index in [0.717, 1.165) is 5.56 Å². The van der Waals surface area contributed by atoms with Crippen molar-refractivity contribution in [1.82, 2.24) is 10.2 Å². The summed E-state index contributed by atoms with van der Waals surface area (Å²) in [4.78, 5) is 26.4. The third kappa shape index (κ3) is 8.57. The lowest BCUT2D eigenvalue weighted by Crippen LogP contribution is -2.40. The standard InChI is InChI=1S/C20H22F3N3O2S/c1-2-26(12-18(27)24-11-14-3-5-15(21)6-4-14)13-19(28)25-16-7-9-17(10-8-16)29-20(22)23/h3-10,20H,2,11-13H2,1H3,(H,24,27)(H,25,28). The fraction of sp³-hybridized carbons (Fsp3) is 0.300. The van der Waals surface area contributed by atoms with E-state index in [2.05, 4.69) is 10.6 Å². The van der Waals surface area contributed by atoms with E-state index in [1.54, 1.807) is 29.2 Å². The molecule has 0 atom stereocenters. The number of hydrogen-bond acceptors (Lipinski definition) is 4. The lowest BCUT2D eigenvalue weighted by molar-refractivity contribution is -0.123. The largest absolute Gasteiger partial charge is 0.351 e. The second-order valence-corrected chi connectivity index (χ2v) is 7.22. The Morgan fingerprint density at radius 2 is 1.62 bits per heavy atom. The van der Waals surface area contributed by atoms with Crippen LogP contribution in [0.1, 0.15) is 12.5 Å². The minimum absolute atomic E-state index is 0.00794. The van der Waals surface area contributed by atoms with Gasteiger partial charge in [-0.05, 0) is 48.5 Å². The third-order valence-corrected chi connectivity index (χ3v) is 4.67. The number of likely N-dealkylation sites (N-methyl/N-ethyl adjacent to an activating group) is 1. The summed E-state index contributed by atoms with van der Waals surface area (Å²) in [6, 6.07) is 11.9. The maximum Gasteiger partial charge on any atom is 0.288 e. The van der Waals surface area contributed by atoms with Crippen molar-refractivity contribution in [3.05, 3.63) is 59.9 Å². The van der Waals surface area contributed by atoms with Crippen LogP contribution < -0.4 is 10.6 Å². The van der Waals surface area contributed by atoms with Crippen molar-refractivity contribution < 1.29 is 22.8 Å². The van der Waals surface area contributed by atoms with Gasteiger partial charge >= 0.3 is 0 Å². The first-order valence-corrected chi connectivity index (χ1v) is 9.82. The predicted octanol–water partition coefficient (Wildman–Crippen LogP) is 3.72. The molecule has 2 amide bonds. The zero-order chi connectivity index (χ0) is 21.2. The minimum Gasteiger partial charge on any atom is -0.351 e. The average Bonchev–Trinajstić information content (AvgIpc) is 2.68. The summed E-state index contributed by atoms with van der Waals surface area (Å²) in [5, 5.41) is 5.41. The first-order chi connectivity index (χ1) is 13.9. The summed E-state index contributed by atoms with van der Waals surface area (Å²) in [5.41, 5.74) is 1.26. The molecular weight excluding hydrogens is 403 g/mol. The highest BCUT2D eigenvalue weighted by atomic mass is 32.2. The minimum atomic E-state index is -2.50. The number of carbonyl (C=O) groups excluding carboxylic acids is 2. The number of nitrogens with one attached hydrogen (secondary N) is 2. The van der Waals surface area contributed by atoms with Crippen molar-refractivity contribution in [1.29, 1.82) is 0 Å². The number of benzene rings is 2. The van der Waals surface area contributed by atoms with E-state index in [4.69, 9.17) is 0 Å². The molecule has 2 aromatic carbocycles. The van der Waals surface area contributed by atoms with Crippen LogP contribution in [0.25, 0.3) is 0 Å². The molecule has 2 aromatic rings. The van der Waals surface area contributed by atoms with E-state index >= 15 is 0 Å². The molecule has 29 heavy (non-hydrogen) atoms. The fourth-order valence-corrected chi connectivity index (χ4v) is 2.96. The second-order valence-electron chi connectivity index (χ2n) is 6.16. The average molecular weight is 425 g/mol. The molecule has 0 radical (unpaired) electrons.